The Kier molecular flexibility index (Phi) is 9.65. The topological polar surface area (TPSA) is 54.1 Å². The van der Waals surface area contributed by atoms with Crippen LogP contribution < -0.4 is 9.47 Å². The van der Waals surface area contributed by atoms with Gasteiger partial charge in [-0.05, 0) is 85.8 Å². The average Bonchev–Trinajstić information content (AvgIpc) is 3.82. The molecule has 0 N–H and O–H groups in total. The molecule has 4 aromatic carbocycles. The fourth-order valence-electron chi connectivity index (χ4n) is 6.74. The molecule has 3 heterocycles. The second kappa shape index (κ2) is 14.0. The summed E-state index contributed by atoms with van der Waals surface area (Å²) < 4.78 is 17.6. The number of hydrogen-bond acceptors (Lipinski definition) is 4. The third kappa shape index (κ3) is 6.94. The summed E-state index contributed by atoms with van der Waals surface area (Å²) in [5, 5.41) is 7.51. The van der Waals surface area contributed by atoms with Crippen LogP contribution in [0.3, 0.4) is 0 Å². The molecular formula is C45H44N4O2Pt. The molecule has 0 atom stereocenters. The minimum atomic E-state index is -0.441. The number of pyridine rings is 1. The van der Waals surface area contributed by atoms with Gasteiger partial charge >= 0.3 is 21.1 Å². The molecule has 0 bridgehead atoms. The average molecular weight is 868 g/mol. The Labute approximate surface area is 321 Å². The second-order valence-corrected chi connectivity index (χ2v) is 15.3. The van der Waals surface area contributed by atoms with Gasteiger partial charge < -0.3 is 14.0 Å². The van der Waals surface area contributed by atoms with Gasteiger partial charge in [-0.25, -0.2) is 9.67 Å². The summed E-state index contributed by atoms with van der Waals surface area (Å²) in [6, 6.07) is 38.7. The maximum absolute atomic E-state index is 6.77. The van der Waals surface area contributed by atoms with Crippen molar-refractivity contribution >= 4 is 21.8 Å². The van der Waals surface area contributed by atoms with Crippen LogP contribution in [0.15, 0.2) is 97.2 Å². The number of ether oxygens (including phenoxy) is 2. The summed E-state index contributed by atoms with van der Waals surface area (Å²) >= 11 is 0. The SMILES string of the molecule is CC(C)c1cc(Oc2[c-]c3c(cc2)c2ccccc2n3-c2cc(C(C)C)ccn2)[c-]c(-n2nc(C3CC3)c(-c3ccccc3)c2OC(C)(C)C)c1.[Pt+2]. The Morgan fingerprint density at radius 2 is 1.50 bits per heavy atom. The van der Waals surface area contributed by atoms with Crippen molar-refractivity contribution in [3.63, 3.8) is 0 Å². The predicted octanol–water partition coefficient (Wildman–Crippen LogP) is 11.7. The number of rotatable bonds is 9. The molecule has 7 aromatic rings. The normalized spacial score (nSPS) is 13.2. The number of nitrogens with zero attached hydrogens (tertiary/aromatic N) is 4. The van der Waals surface area contributed by atoms with Crippen LogP contribution in [-0.2, 0) is 21.1 Å². The van der Waals surface area contributed by atoms with E-state index in [0.717, 1.165) is 74.4 Å². The number of hydrogen-bond donors (Lipinski definition) is 0. The molecule has 1 aliphatic rings. The van der Waals surface area contributed by atoms with Crippen LogP contribution in [0.2, 0.25) is 0 Å². The third-order valence-corrected chi connectivity index (χ3v) is 9.49. The molecule has 3 aromatic heterocycles. The molecule has 1 saturated carbocycles. The molecule has 6 nitrogen and oxygen atoms in total. The maximum atomic E-state index is 6.77. The van der Waals surface area contributed by atoms with E-state index in [-0.39, 0.29) is 27.0 Å². The van der Waals surface area contributed by atoms with Crippen LogP contribution in [0.25, 0.3) is 44.4 Å². The van der Waals surface area contributed by atoms with E-state index >= 15 is 0 Å². The van der Waals surface area contributed by atoms with E-state index in [2.05, 4.69) is 144 Å². The predicted molar refractivity (Wildman–Crippen MR) is 206 cm³/mol. The molecule has 8 rings (SSSR count). The third-order valence-electron chi connectivity index (χ3n) is 9.49. The minimum absolute atomic E-state index is 0. The molecule has 0 aliphatic heterocycles. The van der Waals surface area contributed by atoms with Crippen LogP contribution in [-0.4, -0.2) is 24.9 Å². The maximum Gasteiger partial charge on any atom is 2.00 e. The van der Waals surface area contributed by atoms with Crippen LogP contribution in [0.1, 0.15) is 95.9 Å². The summed E-state index contributed by atoms with van der Waals surface area (Å²) in [5.41, 5.74) is 7.93. The Morgan fingerprint density at radius 1 is 0.769 bits per heavy atom. The fourth-order valence-corrected chi connectivity index (χ4v) is 6.74. The molecule has 7 heteroatoms. The molecule has 0 unspecified atom stereocenters. The quantitative estimate of drug-likeness (QED) is 0.136. The van der Waals surface area contributed by atoms with Crippen LogP contribution in [0.4, 0.5) is 0 Å². The molecular weight excluding hydrogens is 824 g/mol. The van der Waals surface area contributed by atoms with Gasteiger partial charge in [0.25, 0.3) is 0 Å². The molecule has 266 valence electrons. The monoisotopic (exact) mass is 867 g/mol. The summed E-state index contributed by atoms with van der Waals surface area (Å²) in [6.07, 6.45) is 4.15. The van der Waals surface area contributed by atoms with Crippen LogP contribution >= 0.6 is 0 Å². The van der Waals surface area contributed by atoms with Gasteiger partial charge in [-0.2, -0.15) is 11.2 Å². The fraction of sp³-hybridized carbons (Fsp3) is 0.289. The largest absolute Gasteiger partial charge is 2.00 e. The smallest absolute Gasteiger partial charge is 0.509 e. The van der Waals surface area contributed by atoms with Gasteiger partial charge in [0, 0.05) is 29.1 Å². The van der Waals surface area contributed by atoms with Crippen molar-refractivity contribution in [2.24, 2.45) is 0 Å². The Morgan fingerprint density at radius 3 is 2.21 bits per heavy atom. The van der Waals surface area contributed by atoms with Crippen LogP contribution in [0.5, 0.6) is 17.4 Å². The van der Waals surface area contributed by atoms with Crippen molar-refractivity contribution < 1.29 is 30.5 Å². The Bertz CT molecular complexity index is 2380. The van der Waals surface area contributed by atoms with Crippen molar-refractivity contribution in [3.05, 3.63) is 126 Å². The van der Waals surface area contributed by atoms with E-state index in [9.17, 15) is 0 Å². The standard InChI is InChI=1S/C45H44N4O2.Pt/c1-28(2)32-21-22-46-41(25-32)48-39-16-12-11-15-37(39)38-20-19-35(27-40(38)48)50-36-24-33(29(3)4)23-34(26-36)49-44(51-45(5,6)7)42(30-13-9-8-10-14-30)43(47-49)31-17-18-31;/h8-16,19-25,28-29,31H,17-18H2,1-7H3;/q-2;+2. The summed E-state index contributed by atoms with van der Waals surface area (Å²) in [4.78, 5) is 4.81. The number of fused-ring (bicyclic) bond motifs is 3. The second-order valence-electron chi connectivity index (χ2n) is 15.3. The summed E-state index contributed by atoms with van der Waals surface area (Å²) in [6.45, 7) is 15.0. The molecule has 52 heavy (non-hydrogen) atoms. The molecule has 0 radical (unpaired) electrons. The molecule has 0 saturated heterocycles. The van der Waals surface area contributed by atoms with E-state index < -0.39 is 5.60 Å². The zero-order chi connectivity index (χ0) is 35.4. The van der Waals surface area contributed by atoms with E-state index in [1.54, 1.807) is 0 Å². The molecule has 1 aliphatic carbocycles. The zero-order valence-corrected chi connectivity index (χ0v) is 33.1. The van der Waals surface area contributed by atoms with E-state index in [0.29, 0.717) is 23.3 Å². The van der Waals surface area contributed by atoms with Gasteiger partial charge in [0.1, 0.15) is 11.4 Å². The summed E-state index contributed by atoms with van der Waals surface area (Å²) in [5.74, 6) is 3.83. The van der Waals surface area contributed by atoms with Crippen molar-refractivity contribution in [2.75, 3.05) is 0 Å². The number of benzene rings is 4. The first-order valence-corrected chi connectivity index (χ1v) is 18.1. The molecule has 0 amide bonds. The van der Waals surface area contributed by atoms with Crippen molar-refractivity contribution in [3.8, 4) is 40.0 Å². The first-order valence-electron chi connectivity index (χ1n) is 18.1. The van der Waals surface area contributed by atoms with Gasteiger partial charge in [0.2, 0.25) is 5.88 Å². The van der Waals surface area contributed by atoms with E-state index in [1.165, 1.54) is 5.56 Å². The minimum Gasteiger partial charge on any atom is -0.509 e. The first kappa shape index (κ1) is 35.7. The van der Waals surface area contributed by atoms with E-state index in [1.807, 2.05) is 23.0 Å². The zero-order valence-electron chi connectivity index (χ0n) is 30.8. The van der Waals surface area contributed by atoms with Crippen molar-refractivity contribution in [2.45, 2.75) is 84.7 Å². The van der Waals surface area contributed by atoms with E-state index in [4.69, 9.17) is 19.6 Å². The number of aromatic nitrogens is 4. The van der Waals surface area contributed by atoms with Crippen LogP contribution in [0, 0.1) is 12.1 Å². The van der Waals surface area contributed by atoms with Gasteiger partial charge in [0.15, 0.2) is 0 Å². The van der Waals surface area contributed by atoms with Crippen molar-refractivity contribution in [1.29, 1.82) is 0 Å². The Balaban J connectivity index is 0.00000420. The van der Waals surface area contributed by atoms with Gasteiger partial charge in [-0.1, -0.05) is 81.7 Å². The number of para-hydroxylation sites is 1. The van der Waals surface area contributed by atoms with Gasteiger partial charge in [-0.3, -0.25) is 0 Å². The Hall–Kier alpha value is -4.67. The molecule has 0 spiro atoms. The van der Waals surface area contributed by atoms with Gasteiger partial charge in [0.05, 0.1) is 11.3 Å². The molecule has 1 fully saturated rings. The summed E-state index contributed by atoms with van der Waals surface area (Å²) in [7, 11) is 0. The first-order chi connectivity index (χ1) is 24.5. The van der Waals surface area contributed by atoms with Crippen molar-refractivity contribution in [1.82, 2.24) is 19.3 Å². The van der Waals surface area contributed by atoms with Gasteiger partial charge in [-0.15, -0.1) is 41.3 Å².